The molecule has 2 heterocycles. The van der Waals surface area contributed by atoms with Gasteiger partial charge in [-0.15, -0.1) is 5.10 Å². The van der Waals surface area contributed by atoms with Gasteiger partial charge in [0, 0.05) is 11.8 Å². The van der Waals surface area contributed by atoms with E-state index in [1.54, 1.807) is 41.0 Å². The first-order chi connectivity index (χ1) is 8.24. The number of rotatable bonds is 1. The van der Waals surface area contributed by atoms with E-state index in [0.717, 1.165) is 5.56 Å². The molecule has 3 aromatic rings. The van der Waals surface area contributed by atoms with Crippen molar-refractivity contribution in [3.8, 4) is 17.1 Å². The molecule has 0 saturated heterocycles. The van der Waals surface area contributed by atoms with Crippen molar-refractivity contribution >= 4 is 17.2 Å². The molecule has 0 atom stereocenters. The number of fused-ring (bicyclic) bond motifs is 1. The molecule has 0 aliphatic heterocycles. The van der Waals surface area contributed by atoms with Crippen molar-refractivity contribution < 1.29 is 5.11 Å². The zero-order valence-corrected chi connectivity index (χ0v) is 9.46. The van der Waals surface area contributed by atoms with Crippen LogP contribution in [0.2, 0.25) is 5.02 Å². The smallest absolute Gasteiger partial charge is 0.182 e. The van der Waals surface area contributed by atoms with Crippen LogP contribution in [0, 0.1) is 0 Å². The minimum absolute atomic E-state index is 0.187. The van der Waals surface area contributed by atoms with E-state index >= 15 is 0 Å². The van der Waals surface area contributed by atoms with Crippen molar-refractivity contribution in [3.05, 3.63) is 47.6 Å². The third-order valence-electron chi connectivity index (χ3n) is 2.42. The van der Waals surface area contributed by atoms with Crippen LogP contribution in [-0.2, 0) is 0 Å². The molecule has 0 saturated carbocycles. The molecule has 0 aliphatic carbocycles. The second kappa shape index (κ2) is 3.75. The van der Waals surface area contributed by atoms with Crippen molar-refractivity contribution in [2.75, 3.05) is 0 Å². The molecular weight excluding hydrogens is 238 g/mol. The monoisotopic (exact) mass is 245 g/mol. The third kappa shape index (κ3) is 1.72. The Labute approximate surface area is 102 Å². The SMILES string of the molecule is Oc1cccc(-c2nc3c(Cl)cccn3n2)c1. The summed E-state index contributed by atoms with van der Waals surface area (Å²) in [6.45, 7) is 0. The van der Waals surface area contributed by atoms with Gasteiger partial charge < -0.3 is 5.11 Å². The fourth-order valence-corrected chi connectivity index (χ4v) is 1.84. The van der Waals surface area contributed by atoms with E-state index in [1.807, 2.05) is 6.07 Å². The maximum Gasteiger partial charge on any atom is 0.182 e. The Morgan fingerprint density at radius 3 is 2.82 bits per heavy atom. The van der Waals surface area contributed by atoms with E-state index in [1.165, 1.54) is 0 Å². The highest BCUT2D eigenvalue weighted by atomic mass is 35.5. The predicted molar refractivity (Wildman–Crippen MR) is 65.1 cm³/mol. The van der Waals surface area contributed by atoms with Gasteiger partial charge in [-0.25, -0.2) is 9.50 Å². The first-order valence-corrected chi connectivity index (χ1v) is 5.42. The predicted octanol–water partition coefficient (Wildman–Crippen LogP) is 2.76. The van der Waals surface area contributed by atoms with Crippen LogP contribution in [-0.4, -0.2) is 19.7 Å². The van der Waals surface area contributed by atoms with E-state index in [4.69, 9.17) is 11.6 Å². The van der Waals surface area contributed by atoms with Gasteiger partial charge in [0.05, 0.1) is 5.02 Å². The number of pyridine rings is 1. The molecule has 0 bridgehead atoms. The number of benzene rings is 1. The minimum Gasteiger partial charge on any atom is -0.508 e. The largest absolute Gasteiger partial charge is 0.508 e. The van der Waals surface area contributed by atoms with Crippen molar-refractivity contribution in [1.29, 1.82) is 0 Å². The highest BCUT2D eigenvalue weighted by Crippen LogP contribution is 2.22. The van der Waals surface area contributed by atoms with Gasteiger partial charge >= 0.3 is 0 Å². The lowest BCUT2D eigenvalue weighted by atomic mass is 10.2. The summed E-state index contributed by atoms with van der Waals surface area (Å²) in [5, 5.41) is 14.3. The van der Waals surface area contributed by atoms with E-state index in [0.29, 0.717) is 16.5 Å². The number of hydrogen-bond acceptors (Lipinski definition) is 3. The van der Waals surface area contributed by atoms with E-state index in [9.17, 15) is 5.11 Å². The number of phenolic OH excluding ortho intramolecular Hbond substituents is 1. The first-order valence-electron chi connectivity index (χ1n) is 5.04. The standard InChI is InChI=1S/C12H8ClN3O/c13-10-5-2-6-16-12(10)14-11(15-16)8-3-1-4-9(17)7-8/h1-7,17H. The summed E-state index contributed by atoms with van der Waals surface area (Å²) in [4.78, 5) is 4.33. The average Bonchev–Trinajstić information content (AvgIpc) is 2.74. The lowest BCUT2D eigenvalue weighted by Crippen LogP contribution is -1.85. The Morgan fingerprint density at radius 2 is 2.06 bits per heavy atom. The summed E-state index contributed by atoms with van der Waals surface area (Å²) < 4.78 is 1.61. The zero-order chi connectivity index (χ0) is 11.8. The van der Waals surface area contributed by atoms with Gasteiger partial charge in [-0.1, -0.05) is 23.7 Å². The normalized spacial score (nSPS) is 10.9. The Bertz CT molecular complexity index is 693. The van der Waals surface area contributed by atoms with Crippen molar-refractivity contribution in [1.82, 2.24) is 14.6 Å². The van der Waals surface area contributed by atoms with Crippen LogP contribution in [0.25, 0.3) is 17.0 Å². The maximum atomic E-state index is 9.42. The highest BCUT2D eigenvalue weighted by Gasteiger charge is 2.08. The lowest BCUT2D eigenvalue weighted by Gasteiger charge is -1.94. The molecule has 0 radical (unpaired) electrons. The molecule has 0 amide bonds. The Kier molecular flexibility index (Phi) is 2.23. The van der Waals surface area contributed by atoms with Crippen LogP contribution in [0.5, 0.6) is 5.75 Å². The molecule has 0 aliphatic rings. The molecule has 1 N–H and O–H groups in total. The van der Waals surface area contributed by atoms with Gasteiger partial charge in [0.2, 0.25) is 0 Å². The number of hydrogen-bond donors (Lipinski definition) is 1. The van der Waals surface area contributed by atoms with Gasteiger partial charge in [-0.05, 0) is 24.3 Å². The minimum atomic E-state index is 0.187. The van der Waals surface area contributed by atoms with Crippen LogP contribution in [0.3, 0.4) is 0 Å². The zero-order valence-electron chi connectivity index (χ0n) is 8.71. The topological polar surface area (TPSA) is 50.4 Å². The molecule has 3 rings (SSSR count). The molecular formula is C12H8ClN3O. The van der Waals surface area contributed by atoms with E-state index < -0.39 is 0 Å². The molecule has 0 fully saturated rings. The van der Waals surface area contributed by atoms with Crippen LogP contribution in [0.1, 0.15) is 0 Å². The fourth-order valence-electron chi connectivity index (χ4n) is 1.64. The summed E-state index contributed by atoms with van der Waals surface area (Å²) in [5.41, 5.74) is 1.36. The second-order valence-corrected chi connectivity index (χ2v) is 4.02. The van der Waals surface area contributed by atoms with E-state index in [2.05, 4.69) is 10.1 Å². The van der Waals surface area contributed by atoms with Crippen molar-refractivity contribution in [2.45, 2.75) is 0 Å². The quantitative estimate of drug-likeness (QED) is 0.717. The highest BCUT2D eigenvalue weighted by molar-refractivity contribution is 6.33. The van der Waals surface area contributed by atoms with Crippen LogP contribution in [0.4, 0.5) is 0 Å². The van der Waals surface area contributed by atoms with Gasteiger partial charge in [0.15, 0.2) is 11.5 Å². The first kappa shape index (κ1) is 10.1. The summed E-state index contributed by atoms with van der Waals surface area (Å²) in [6.07, 6.45) is 1.78. The number of aromatic hydroxyl groups is 1. The average molecular weight is 246 g/mol. The number of nitrogens with zero attached hydrogens (tertiary/aromatic N) is 3. The van der Waals surface area contributed by atoms with Gasteiger partial charge in [0.25, 0.3) is 0 Å². The Morgan fingerprint density at radius 1 is 1.18 bits per heavy atom. The second-order valence-electron chi connectivity index (χ2n) is 3.61. The fraction of sp³-hybridized carbons (Fsp3) is 0. The Hall–Kier alpha value is -2.07. The summed E-state index contributed by atoms with van der Waals surface area (Å²) in [5.74, 6) is 0.724. The summed E-state index contributed by atoms with van der Waals surface area (Å²) in [7, 11) is 0. The molecule has 0 spiro atoms. The number of phenols is 1. The van der Waals surface area contributed by atoms with Gasteiger partial charge in [-0.3, -0.25) is 0 Å². The molecule has 17 heavy (non-hydrogen) atoms. The molecule has 84 valence electrons. The molecule has 1 aromatic carbocycles. The third-order valence-corrected chi connectivity index (χ3v) is 2.71. The number of aromatic nitrogens is 3. The van der Waals surface area contributed by atoms with Crippen LogP contribution in [0.15, 0.2) is 42.6 Å². The summed E-state index contributed by atoms with van der Waals surface area (Å²) in [6, 6.07) is 10.4. The van der Waals surface area contributed by atoms with Crippen LogP contribution >= 0.6 is 11.6 Å². The van der Waals surface area contributed by atoms with E-state index in [-0.39, 0.29) is 5.75 Å². The van der Waals surface area contributed by atoms with Crippen molar-refractivity contribution in [3.63, 3.8) is 0 Å². The molecule has 2 aromatic heterocycles. The molecule has 4 nitrogen and oxygen atoms in total. The van der Waals surface area contributed by atoms with Gasteiger partial charge in [-0.2, -0.15) is 0 Å². The van der Waals surface area contributed by atoms with Gasteiger partial charge in [0.1, 0.15) is 5.75 Å². The summed E-state index contributed by atoms with van der Waals surface area (Å²) >= 11 is 6.02. The van der Waals surface area contributed by atoms with Crippen LogP contribution < -0.4 is 0 Å². The maximum absolute atomic E-state index is 9.42. The molecule has 0 unspecified atom stereocenters. The Balaban J connectivity index is 2.22. The molecule has 5 heteroatoms. The lowest BCUT2D eigenvalue weighted by molar-refractivity contribution is 0.475. The number of halogens is 1. The van der Waals surface area contributed by atoms with Crippen molar-refractivity contribution in [2.24, 2.45) is 0 Å².